The van der Waals surface area contributed by atoms with E-state index in [0.717, 1.165) is 17.2 Å². The van der Waals surface area contributed by atoms with Crippen LogP contribution in [-0.2, 0) is 4.79 Å². The zero-order chi connectivity index (χ0) is 21.5. The van der Waals surface area contributed by atoms with Crippen molar-refractivity contribution in [2.45, 2.75) is 13.3 Å². The van der Waals surface area contributed by atoms with Gasteiger partial charge in [-0.05, 0) is 47.5 Å². The average molecular weight is 421 g/mol. The smallest absolute Gasteiger partial charge is 0.266 e. The van der Waals surface area contributed by atoms with Gasteiger partial charge in [-0.25, -0.2) is 0 Å². The predicted octanol–water partition coefficient (Wildman–Crippen LogP) is 5.84. The Hall–Kier alpha value is -3.49. The molecule has 0 atom stereocenters. The number of fused-ring (bicyclic) bond motifs is 1. The van der Waals surface area contributed by atoms with Crippen LogP contribution in [0.5, 0.6) is 11.5 Å². The Kier molecular flexibility index (Phi) is 6.95. The zero-order valence-electron chi connectivity index (χ0n) is 16.7. The van der Waals surface area contributed by atoms with Gasteiger partial charge < -0.3 is 14.8 Å². The molecule has 0 heterocycles. The summed E-state index contributed by atoms with van der Waals surface area (Å²) < 4.78 is 11.1. The van der Waals surface area contributed by atoms with E-state index >= 15 is 0 Å². The fraction of sp³-hybridized carbons (Fsp3) is 0.167. The second kappa shape index (κ2) is 9.82. The Morgan fingerprint density at radius 2 is 1.93 bits per heavy atom. The molecule has 0 unspecified atom stereocenters. The number of nitriles is 1. The van der Waals surface area contributed by atoms with Crippen LogP contribution in [0.1, 0.15) is 18.9 Å². The lowest BCUT2D eigenvalue weighted by atomic mass is 10.0. The van der Waals surface area contributed by atoms with Gasteiger partial charge in [-0.3, -0.25) is 4.79 Å². The number of methoxy groups -OCH3 is 1. The molecule has 3 aromatic rings. The number of ether oxygens (including phenoxy) is 2. The van der Waals surface area contributed by atoms with Crippen LogP contribution in [0.4, 0.5) is 5.69 Å². The van der Waals surface area contributed by atoms with Gasteiger partial charge in [-0.15, -0.1) is 0 Å². The van der Waals surface area contributed by atoms with Crippen LogP contribution in [0.2, 0.25) is 5.02 Å². The second-order valence-corrected chi connectivity index (χ2v) is 6.95. The number of amides is 1. The van der Waals surface area contributed by atoms with E-state index in [-0.39, 0.29) is 5.57 Å². The number of anilines is 1. The van der Waals surface area contributed by atoms with Gasteiger partial charge in [-0.2, -0.15) is 5.26 Å². The number of rotatable bonds is 7. The van der Waals surface area contributed by atoms with Gasteiger partial charge in [0, 0.05) is 10.6 Å². The summed E-state index contributed by atoms with van der Waals surface area (Å²) in [6.07, 6.45) is 2.40. The summed E-state index contributed by atoms with van der Waals surface area (Å²) in [4.78, 5) is 12.8. The first-order chi connectivity index (χ1) is 14.6. The minimum atomic E-state index is -0.563. The highest BCUT2D eigenvalue weighted by Gasteiger charge is 2.15. The fourth-order valence-corrected chi connectivity index (χ4v) is 3.19. The van der Waals surface area contributed by atoms with Gasteiger partial charge >= 0.3 is 0 Å². The van der Waals surface area contributed by atoms with Crippen LogP contribution in [0.3, 0.4) is 0 Å². The van der Waals surface area contributed by atoms with Gasteiger partial charge in [-0.1, -0.05) is 48.9 Å². The van der Waals surface area contributed by atoms with Crippen molar-refractivity contribution < 1.29 is 14.3 Å². The van der Waals surface area contributed by atoms with Crippen LogP contribution >= 0.6 is 11.6 Å². The molecule has 0 aliphatic heterocycles. The second-order valence-electron chi connectivity index (χ2n) is 6.52. The lowest BCUT2D eigenvalue weighted by Gasteiger charge is -2.13. The monoisotopic (exact) mass is 420 g/mol. The molecule has 1 N–H and O–H groups in total. The van der Waals surface area contributed by atoms with E-state index in [1.165, 1.54) is 7.11 Å². The molecule has 0 aromatic heterocycles. The molecule has 0 saturated heterocycles. The number of hydrogen-bond acceptors (Lipinski definition) is 4. The lowest BCUT2D eigenvalue weighted by Crippen LogP contribution is -2.14. The summed E-state index contributed by atoms with van der Waals surface area (Å²) in [7, 11) is 1.49. The molecule has 3 aromatic carbocycles. The summed E-state index contributed by atoms with van der Waals surface area (Å²) >= 11 is 6.03. The number of nitrogens with one attached hydrogen (secondary N) is 1. The Labute approximate surface area is 180 Å². The minimum Gasteiger partial charge on any atom is -0.495 e. The largest absolute Gasteiger partial charge is 0.495 e. The van der Waals surface area contributed by atoms with Crippen LogP contribution in [0.25, 0.3) is 16.8 Å². The third-order valence-electron chi connectivity index (χ3n) is 4.46. The number of benzene rings is 3. The first-order valence-corrected chi connectivity index (χ1v) is 9.86. The van der Waals surface area contributed by atoms with Gasteiger partial charge in [0.15, 0.2) is 0 Å². The molecule has 0 bridgehead atoms. The van der Waals surface area contributed by atoms with Crippen molar-refractivity contribution in [3.05, 3.63) is 70.8 Å². The predicted molar refractivity (Wildman–Crippen MR) is 120 cm³/mol. The van der Waals surface area contributed by atoms with Crippen molar-refractivity contribution in [1.82, 2.24) is 0 Å². The summed E-state index contributed by atoms with van der Waals surface area (Å²) in [5, 5.41) is 14.7. The average Bonchev–Trinajstić information content (AvgIpc) is 2.76. The topological polar surface area (TPSA) is 71.3 Å². The molecule has 0 spiro atoms. The van der Waals surface area contributed by atoms with Crippen LogP contribution < -0.4 is 14.8 Å². The quantitative estimate of drug-likeness (QED) is 0.385. The highest BCUT2D eigenvalue weighted by atomic mass is 35.5. The molecule has 0 radical (unpaired) electrons. The Bertz CT molecular complexity index is 1150. The number of hydrogen-bond donors (Lipinski definition) is 1. The van der Waals surface area contributed by atoms with E-state index in [4.69, 9.17) is 21.1 Å². The van der Waals surface area contributed by atoms with Crippen molar-refractivity contribution in [3.63, 3.8) is 0 Å². The number of carbonyl (C=O) groups is 1. The summed E-state index contributed by atoms with van der Waals surface area (Å²) in [6, 6.07) is 18.4. The van der Waals surface area contributed by atoms with Crippen molar-refractivity contribution in [2.24, 2.45) is 0 Å². The van der Waals surface area contributed by atoms with Gasteiger partial charge in [0.05, 0.1) is 19.4 Å². The fourth-order valence-electron chi connectivity index (χ4n) is 3.02. The third kappa shape index (κ3) is 4.73. The molecular weight excluding hydrogens is 400 g/mol. The normalized spacial score (nSPS) is 11.1. The molecule has 152 valence electrons. The van der Waals surface area contributed by atoms with E-state index in [9.17, 15) is 10.1 Å². The highest BCUT2D eigenvalue weighted by molar-refractivity contribution is 6.31. The maximum atomic E-state index is 12.8. The Morgan fingerprint density at radius 1 is 1.17 bits per heavy atom. The summed E-state index contributed by atoms with van der Waals surface area (Å²) in [6.45, 7) is 2.55. The molecule has 1 amide bonds. The molecule has 0 fully saturated rings. The molecule has 0 aliphatic carbocycles. The van der Waals surface area contributed by atoms with E-state index in [1.54, 1.807) is 24.3 Å². The van der Waals surface area contributed by atoms with E-state index < -0.39 is 5.91 Å². The molecule has 3 rings (SSSR count). The minimum absolute atomic E-state index is 0.0604. The van der Waals surface area contributed by atoms with E-state index in [1.807, 2.05) is 49.4 Å². The first-order valence-electron chi connectivity index (χ1n) is 9.48. The summed E-state index contributed by atoms with van der Waals surface area (Å²) in [5.41, 5.74) is 1.01. The van der Waals surface area contributed by atoms with Crippen LogP contribution in [-0.4, -0.2) is 19.6 Å². The summed E-state index contributed by atoms with van der Waals surface area (Å²) in [5.74, 6) is 0.506. The first kappa shape index (κ1) is 21.2. The van der Waals surface area contributed by atoms with Gasteiger partial charge in [0.25, 0.3) is 5.91 Å². The molecular formula is C24H21ClN2O3. The SMILES string of the molecule is CCCOc1ccc2ccccc2c1/C=C(\C#N)C(=O)Nc1cc(Cl)ccc1OC. The van der Waals surface area contributed by atoms with Crippen molar-refractivity contribution >= 4 is 40.0 Å². The maximum Gasteiger partial charge on any atom is 0.266 e. The standard InChI is InChI=1S/C24H21ClN2O3/c1-3-12-30-22-10-8-16-6-4-5-7-19(16)20(22)13-17(15-26)24(28)27-21-14-18(25)9-11-23(21)29-2/h4-11,13-14H,3,12H2,1-2H3,(H,27,28)/b17-13+. The van der Waals surface area contributed by atoms with Gasteiger partial charge in [0.1, 0.15) is 23.1 Å². The van der Waals surface area contributed by atoms with Crippen LogP contribution in [0.15, 0.2) is 60.2 Å². The number of halogens is 1. The van der Waals surface area contributed by atoms with Gasteiger partial charge in [0.2, 0.25) is 0 Å². The molecule has 6 heteroatoms. The van der Waals surface area contributed by atoms with Crippen molar-refractivity contribution in [1.29, 1.82) is 5.26 Å². The molecule has 0 aliphatic rings. The molecule has 5 nitrogen and oxygen atoms in total. The maximum absolute atomic E-state index is 12.8. The number of nitrogens with zero attached hydrogens (tertiary/aromatic N) is 1. The van der Waals surface area contributed by atoms with E-state index in [0.29, 0.717) is 34.4 Å². The lowest BCUT2D eigenvalue weighted by molar-refractivity contribution is -0.112. The van der Waals surface area contributed by atoms with Crippen LogP contribution in [0, 0.1) is 11.3 Å². The molecule has 0 saturated carbocycles. The third-order valence-corrected chi connectivity index (χ3v) is 4.69. The Balaban J connectivity index is 2.03. The van der Waals surface area contributed by atoms with Crippen molar-refractivity contribution in [3.8, 4) is 17.6 Å². The van der Waals surface area contributed by atoms with E-state index in [2.05, 4.69) is 5.32 Å². The Morgan fingerprint density at radius 3 is 2.67 bits per heavy atom. The number of carbonyl (C=O) groups excluding carboxylic acids is 1. The van der Waals surface area contributed by atoms with Crippen molar-refractivity contribution in [2.75, 3.05) is 19.0 Å². The zero-order valence-corrected chi connectivity index (χ0v) is 17.5. The highest BCUT2D eigenvalue weighted by Crippen LogP contribution is 2.32. The molecule has 30 heavy (non-hydrogen) atoms.